The van der Waals surface area contributed by atoms with Crippen LogP contribution in [0.15, 0.2) is 53.4 Å². The zero-order valence-corrected chi connectivity index (χ0v) is 15.5. The molecule has 2 aromatic rings. The van der Waals surface area contributed by atoms with Gasteiger partial charge < -0.3 is 10.2 Å². The zero-order chi connectivity index (χ0) is 19.3. The van der Waals surface area contributed by atoms with Crippen LogP contribution in [0, 0.1) is 5.82 Å². The molecule has 0 bridgehead atoms. The van der Waals surface area contributed by atoms with Crippen molar-refractivity contribution in [2.75, 3.05) is 13.6 Å². The molecule has 1 amide bonds. The molecule has 4 N–H and O–H groups in total. The molecule has 26 heavy (non-hydrogen) atoms. The molecular weight excluding hydrogens is 357 g/mol. The third kappa shape index (κ3) is 5.91. The number of carbonyl (C=O) groups is 1. The second-order valence-corrected chi connectivity index (χ2v) is 7.90. The highest BCUT2D eigenvalue weighted by atomic mass is 32.2. The predicted octanol–water partition coefficient (Wildman–Crippen LogP) is 0.365. The highest BCUT2D eigenvalue weighted by molar-refractivity contribution is 7.89. The van der Waals surface area contributed by atoms with Crippen molar-refractivity contribution in [2.45, 2.75) is 24.4 Å². The Balaban J connectivity index is 1.89. The van der Waals surface area contributed by atoms with E-state index in [1.54, 1.807) is 24.3 Å². The summed E-state index contributed by atoms with van der Waals surface area (Å²) < 4.78 is 35.5. The van der Waals surface area contributed by atoms with Crippen molar-refractivity contribution >= 4 is 15.9 Å². The number of hydrogen-bond donors (Lipinski definition) is 3. The van der Waals surface area contributed by atoms with Crippen LogP contribution in [0.25, 0.3) is 0 Å². The first-order chi connectivity index (χ1) is 12.1. The van der Waals surface area contributed by atoms with Crippen LogP contribution in [0.4, 0.5) is 4.39 Å². The molecule has 0 aliphatic carbocycles. The normalized spacial score (nSPS) is 13.8. The van der Waals surface area contributed by atoms with E-state index in [1.165, 1.54) is 24.3 Å². The standard InChI is InChI=1S/C18H22FN3O3S/c1-13(15-5-9-17(10-6-15)26(20,24)25)21-18(23)12-22(2)11-14-3-7-16(19)8-4-14/h3-10,13H,11-12H2,1-2H3,(H,21,23)(H2,20,24,25)/p+1/t13-/m1/s1. The van der Waals surface area contributed by atoms with E-state index < -0.39 is 10.0 Å². The molecule has 0 heterocycles. The molecule has 140 valence electrons. The van der Waals surface area contributed by atoms with Crippen molar-refractivity contribution in [1.82, 2.24) is 5.32 Å². The molecule has 2 atom stereocenters. The number of quaternary nitrogens is 1. The topological polar surface area (TPSA) is 93.7 Å². The molecule has 0 saturated carbocycles. The average Bonchev–Trinajstić information content (AvgIpc) is 2.56. The van der Waals surface area contributed by atoms with Crippen molar-refractivity contribution in [1.29, 1.82) is 0 Å². The summed E-state index contributed by atoms with van der Waals surface area (Å²) in [5, 5.41) is 7.95. The van der Waals surface area contributed by atoms with E-state index in [0.717, 1.165) is 16.0 Å². The van der Waals surface area contributed by atoms with E-state index in [9.17, 15) is 17.6 Å². The van der Waals surface area contributed by atoms with Crippen molar-refractivity contribution < 1.29 is 22.5 Å². The fourth-order valence-corrected chi connectivity index (χ4v) is 3.12. The predicted molar refractivity (Wildman–Crippen MR) is 96.2 cm³/mol. The fourth-order valence-electron chi connectivity index (χ4n) is 2.61. The molecule has 0 saturated heterocycles. The highest BCUT2D eigenvalue weighted by Gasteiger charge is 2.15. The first kappa shape index (κ1) is 20.0. The van der Waals surface area contributed by atoms with Crippen LogP contribution >= 0.6 is 0 Å². The van der Waals surface area contributed by atoms with Gasteiger partial charge in [-0.1, -0.05) is 24.3 Å². The van der Waals surface area contributed by atoms with Gasteiger partial charge in [-0.25, -0.2) is 17.9 Å². The lowest BCUT2D eigenvalue weighted by atomic mass is 10.1. The second-order valence-electron chi connectivity index (χ2n) is 6.34. The zero-order valence-electron chi connectivity index (χ0n) is 14.7. The van der Waals surface area contributed by atoms with Gasteiger partial charge in [-0.05, 0) is 36.8 Å². The number of likely N-dealkylation sites (N-methyl/N-ethyl adjacent to an activating group) is 1. The summed E-state index contributed by atoms with van der Waals surface area (Å²) in [6.45, 7) is 2.68. The maximum absolute atomic E-state index is 12.9. The summed E-state index contributed by atoms with van der Waals surface area (Å²) in [6, 6.07) is 12.0. The average molecular weight is 380 g/mol. The van der Waals surface area contributed by atoms with Gasteiger partial charge >= 0.3 is 0 Å². The van der Waals surface area contributed by atoms with Crippen molar-refractivity contribution in [3.63, 3.8) is 0 Å². The molecule has 0 fully saturated rings. The van der Waals surface area contributed by atoms with Crippen LogP contribution in [0.5, 0.6) is 0 Å². The lowest BCUT2D eigenvalue weighted by Gasteiger charge is -2.17. The molecule has 0 aliphatic rings. The molecule has 0 spiro atoms. The number of rotatable bonds is 7. The minimum Gasteiger partial charge on any atom is -0.345 e. The number of carbonyl (C=O) groups excluding carboxylic acids is 1. The first-order valence-corrected chi connectivity index (χ1v) is 9.67. The van der Waals surface area contributed by atoms with E-state index in [-0.39, 0.29) is 29.2 Å². The van der Waals surface area contributed by atoms with Crippen LogP contribution in [0.2, 0.25) is 0 Å². The number of nitrogens with one attached hydrogen (secondary N) is 2. The molecule has 0 radical (unpaired) electrons. The Labute approximate surface area is 152 Å². The lowest BCUT2D eigenvalue weighted by molar-refractivity contribution is -0.885. The molecule has 8 heteroatoms. The van der Waals surface area contributed by atoms with E-state index in [1.807, 2.05) is 14.0 Å². The molecule has 0 aromatic heterocycles. The first-order valence-electron chi connectivity index (χ1n) is 8.13. The Morgan fingerprint density at radius 3 is 2.27 bits per heavy atom. The maximum Gasteiger partial charge on any atom is 0.275 e. The van der Waals surface area contributed by atoms with Crippen LogP contribution in [-0.2, 0) is 21.4 Å². The van der Waals surface area contributed by atoms with Gasteiger partial charge in [0, 0.05) is 5.56 Å². The van der Waals surface area contributed by atoms with Crippen molar-refractivity contribution in [3.8, 4) is 0 Å². The van der Waals surface area contributed by atoms with Gasteiger partial charge in [0.25, 0.3) is 5.91 Å². The minimum atomic E-state index is -3.73. The Hall–Kier alpha value is -2.29. The van der Waals surface area contributed by atoms with Crippen LogP contribution < -0.4 is 15.4 Å². The largest absolute Gasteiger partial charge is 0.345 e. The van der Waals surface area contributed by atoms with Gasteiger partial charge in [-0.3, -0.25) is 4.79 Å². The number of hydrogen-bond acceptors (Lipinski definition) is 3. The van der Waals surface area contributed by atoms with Gasteiger partial charge in [0.15, 0.2) is 6.54 Å². The molecule has 0 aliphatic heterocycles. The summed E-state index contributed by atoms with van der Waals surface area (Å²) in [6.07, 6.45) is 0. The summed E-state index contributed by atoms with van der Waals surface area (Å²) in [4.78, 5) is 13.2. The van der Waals surface area contributed by atoms with Crippen molar-refractivity contribution in [2.24, 2.45) is 5.14 Å². The number of benzene rings is 2. The lowest BCUT2D eigenvalue weighted by Crippen LogP contribution is -3.08. The third-order valence-electron chi connectivity index (χ3n) is 3.97. The molecule has 2 aromatic carbocycles. The molecule has 2 rings (SSSR count). The highest BCUT2D eigenvalue weighted by Crippen LogP contribution is 2.15. The van der Waals surface area contributed by atoms with E-state index in [0.29, 0.717) is 6.54 Å². The number of sulfonamides is 1. The number of halogens is 1. The summed E-state index contributed by atoms with van der Waals surface area (Å²) in [7, 11) is -1.85. The van der Waals surface area contributed by atoms with Crippen LogP contribution in [0.3, 0.4) is 0 Å². The molecular formula is C18H23FN3O3S+. The van der Waals surface area contributed by atoms with Crippen LogP contribution in [-0.4, -0.2) is 27.9 Å². The van der Waals surface area contributed by atoms with Gasteiger partial charge in [0.05, 0.1) is 18.0 Å². The summed E-state index contributed by atoms with van der Waals surface area (Å²) in [5.74, 6) is -0.418. The van der Waals surface area contributed by atoms with E-state index in [4.69, 9.17) is 5.14 Å². The maximum atomic E-state index is 12.9. The Kier molecular flexibility index (Phi) is 6.47. The van der Waals surface area contributed by atoms with Gasteiger partial charge in [0.1, 0.15) is 12.4 Å². The third-order valence-corrected chi connectivity index (χ3v) is 4.90. The second kappa shape index (κ2) is 8.39. The van der Waals surface area contributed by atoms with Gasteiger partial charge in [-0.15, -0.1) is 0 Å². The number of nitrogens with two attached hydrogens (primary N) is 1. The molecule has 1 unspecified atom stereocenters. The van der Waals surface area contributed by atoms with Gasteiger partial charge in [0.2, 0.25) is 10.0 Å². The minimum absolute atomic E-state index is 0.0308. The van der Waals surface area contributed by atoms with Gasteiger partial charge in [-0.2, -0.15) is 0 Å². The Morgan fingerprint density at radius 1 is 1.15 bits per heavy atom. The smallest absolute Gasteiger partial charge is 0.275 e. The number of primary sulfonamides is 1. The van der Waals surface area contributed by atoms with E-state index >= 15 is 0 Å². The molecule has 6 nitrogen and oxygen atoms in total. The van der Waals surface area contributed by atoms with E-state index in [2.05, 4.69) is 5.32 Å². The fraction of sp³-hybridized carbons (Fsp3) is 0.278. The Bertz CT molecular complexity index is 852. The Morgan fingerprint density at radius 2 is 1.73 bits per heavy atom. The SMILES string of the molecule is C[C@@H](NC(=O)C[NH+](C)Cc1ccc(F)cc1)c1ccc(S(N)(=O)=O)cc1. The quantitative estimate of drug-likeness (QED) is 0.648. The monoisotopic (exact) mass is 380 g/mol. The van der Waals surface area contributed by atoms with Crippen LogP contribution in [0.1, 0.15) is 24.1 Å². The van der Waals surface area contributed by atoms with Crippen molar-refractivity contribution in [3.05, 3.63) is 65.5 Å². The summed E-state index contributed by atoms with van der Waals surface area (Å²) >= 11 is 0. The number of amides is 1. The summed E-state index contributed by atoms with van der Waals surface area (Å²) in [5.41, 5.74) is 1.73.